The summed E-state index contributed by atoms with van der Waals surface area (Å²) in [4.78, 5) is 23.0. The van der Waals surface area contributed by atoms with Gasteiger partial charge in [0.1, 0.15) is 6.04 Å². The van der Waals surface area contributed by atoms with Crippen LogP contribution in [0.15, 0.2) is 30.3 Å². The molecule has 0 aromatic heterocycles. The molecule has 1 aromatic carbocycles. The molecule has 104 valence electrons. The third-order valence-corrected chi connectivity index (χ3v) is 2.87. The largest absolute Gasteiger partial charge is 0.480 e. The van der Waals surface area contributed by atoms with Crippen LogP contribution >= 0.6 is 12.6 Å². The second kappa shape index (κ2) is 7.81. The first kappa shape index (κ1) is 15.5. The summed E-state index contributed by atoms with van der Waals surface area (Å²) in [6.45, 7) is 0. The number of carboxylic acid groups (broad SMARTS) is 1. The first-order valence-electron chi connectivity index (χ1n) is 5.82. The molecule has 0 saturated heterocycles. The maximum atomic E-state index is 12.0. The molecule has 6 heteroatoms. The lowest BCUT2D eigenvalue weighted by molar-refractivity contribution is -0.144. The molecule has 0 spiro atoms. The number of ether oxygens (including phenoxy) is 1. The zero-order chi connectivity index (χ0) is 14.3. The average Bonchev–Trinajstić information content (AvgIpc) is 2.40. The van der Waals surface area contributed by atoms with Gasteiger partial charge in [-0.15, -0.1) is 0 Å². The molecular formula is C13H17NO4S. The number of hydrogen-bond acceptors (Lipinski definition) is 4. The summed E-state index contributed by atoms with van der Waals surface area (Å²) in [6, 6.07) is 7.96. The van der Waals surface area contributed by atoms with Gasteiger partial charge in [0, 0.05) is 7.11 Å². The Kier molecular flexibility index (Phi) is 6.38. The van der Waals surface area contributed by atoms with Crippen LogP contribution in [-0.4, -0.2) is 35.9 Å². The number of thiol groups is 1. The highest BCUT2D eigenvalue weighted by Gasteiger charge is 2.25. The van der Waals surface area contributed by atoms with Crippen molar-refractivity contribution in [3.63, 3.8) is 0 Å². The molecular weight excluding hydrogens is 266 g/mol. The molecule has 1 rings (SSSR count). The summed E-state index contributed by atoms with van der Waals surface area (Å²) < 4.78 is 5.13. The fourth-order valence-corrected chi connectivity index (χ4v) is 1.91. The fourth-order valence-electron chi connectivity index (χ4n) is 1.66. The molecule has 0 radical (unpaired) electrons. The third-order valence-electron chi connectivity index (χ3n) is 2.61. The predicted octanol–water partition coefficient (Wildman–Crippen LogP) is 1.26. The minimum Gasteiger partial charge on any atom is -0.480 e. The molecule has 0 saturated carbocycles. The number of nitrogens with one attached hydrogen (secondary N) is 1. The first-order valence-corrected chi connectivity index (χ1v) is 6.45. The van der Waals surface area contributed by atoms with Crippen LogP contribution < -0.4 is 5.32 Å². The molecule has 0 aliphatic heterocycles. The summed E-state index contributed by atoms with van der Waals surface area (Å²) in [7, 11) is 1.41. The Bertz CT molecular complexity index is 424. The van der Waals surface area contributed by atoms with Crippen molar-refractivity contribution < 1.29 is 19.4 Å². The summed E-state index contributed by atoms with van der Waals surface area (Å²) in [6.07, 6.45) is -0.557. The van der Waals surface area contributed by atoms with Gasteiger partial charge in [0.25, 0.3) is 5.91 Å². The maximum Gasteiger partial charge on any atom is 0.326 e. The summed E-state index contributed by atoms with van der Waals surface area (Å²) >= 11 is 3.98. The lowest BCUT2D eigenvalue weighted by atomic mass is 10.1. The van der Waals surface area contributed by atoms with Gasteiger partial charge in [-0.25, -0.2) is 4.79 Å². The highest BCUT2D eigenvalue weighted by atomic mass is 32.1. The molecule has 19 heavy (non-hydrogen) atoms. The van der Waals surface area contributed by atoms with Gasteiger partial charge in [-0.05, 0) is 17.7 Å². The van der Waals surface area contributed by atoms with Crippen LogP contribution in [0.5, 0.6) is 0 Å². The molecule has 2 atom stereocenters. The van der Waals surface area contributed by atoms with Gasteiger partial charge in [0.05, 0.1) is 0 Å². The Hall–Kier alpha value is -1.53. The first-order chi connectivity index (χ1) is 9.10. The van der Waals surface area contributed by atoms with Gasteiger partial charge in [-0.1, -0.05) is 30.3 Å². The number of aliphatic carboxylic acids is 1. The SMILES string of the molecule is COC(C(=O)N[C@@H](CCS)C(=O)O)c1ccccc1. The van der Waals surface area contributed by atoms with E-state index >= 15 is 0 Å². The molecule has 5 nitrogen and oxygen atoms in total. The summed E-state index contributed by atoms with van der Waals surface area (Å²) in [5.41, 5.74) is 0.678. The molecule has 1 amide bonds. The molecule has 0 bridgehead atoms. The molecule has 0 heterocycles. The highest BCUT2D eigenvalue weighted by Crippen LogP contribution is 2.16. The zero-order valence-electron chi connectivity index (χ0n) is 10.6. The van der Waals surface area contributed by atoms with Gasteiger partial charge >= 0.3 is 5.97 Å². The number of benzene rings is 1. The molecule has 0 aliphatic rings. The Balaban J connectivity index is 2.76. The lowest BCUT2D eigenvalue weighted by Crippen LogP contribution is -2.43. The molecule has 0 aliphatic carbocycles. The summed E-state index contributed by atoms with van der Waals surface area (Å²) in [5.74, 6) is -1.17. The predicted molar refractivity (Wildman–Crippen MR) is 74.2 cm³/mol. The quantitative estimate of drug-likeness (QED) is 0.659. The fraction of sp³-hybridized carbons (Fsp3) is 0.385. The van der Waals surface area contributed by atoms with E-state index < -0.39 is 24.0 Å². The van der Waals surface area contributed by atoms with E-state index in [4.69, 9.17) is 9.84 Å². The van der Waals surface area contributed by atoms with Gasteiger partial charge in [0.15, 0.2) is 6.10 Å². The van der Waals surface area contributed by atoms with E-state index in [0.29, 0.717) is 11.3 Å². The van der Waals surface area contributed by atoms with Crippen molar-refractivity contribution in [2.24, 2.45) is 0 Å². The minimum absolute atomic E-state index is 0.259. The lowest BCUT2D eigenvalue weighted by Gasteiger charge is -2.19. The van der Waals surface area contributed by atoms with Crippen molar-refractivity contribution in [1.82, 2.24) is 5.32 Å². The van der Waals surface area contributed by atoms with Crippen LogP contribution in [0.3, 0.4) is 0 Å². The minimum atomic E-state index is -1.08. The Labute approximate surface area is 117 Å². The van der Waals surface area contributed by atoms with Crippen molar-refractivity contribution in [1.29, 1.82) is 0 Å². The van der Waals surface area contributed by atoms with E-state index in [1.165, 1.54) is 7.11 Å². The number of methoxy groups -OCH3 is 1. The van der Waals surface area contributed by atoms with Crippen LogP contribution in [0.25, 0.3) is 0 Å². The average molecular weight is 283 g/mol. The van der Waals surface area contributed by atoms with Crippen LogP contribution in [0.4, 0.5) is 0 Å². The van der Waals surface area contributed by atoms with Gasteiger partial charge in [-0.2, -0.15) is 12.6 Å². The van der Waals surface area contributed by atoms with E-state index in [9.17, 15) is 9.59 Å². The zero-order valence-corrected chi connectivity index (χ0v) is 11.5. The molecule has 1 aromatic rings. The summed E-state index contributed by atoms with van der Waals surface area (Å²) in [5, 5.41) is 11.4. The number of carbonyl (C=O) groups excluding carboxylic acids is 1. The Morgan fingerprint density at radius 1 is 1.37 bits per heavy atom. The van der Waals surface area contributed by atoms with E-state index in [1.807, 2.05) is 6.07 Å². The van der Waals surface area contributed by atoms with Crippen LogP contribution in [-0.2, 0) is 14.3 Å². The number of amides is 1. The topological polar surface area (TPSA) is 75.6 Å². The highest BCUT2D eigenvalue weighted by molar-refractivity contribution is 7.80. The smallest absolute Gasteiger partial charge is 0.326 e. The Morgan fingerprint density at radius 3 is 2.47 bits per heavy atom. The normalized spacial score (nSPS) is 13.6. The van der Waals surface area contributed by atoms with Crippen molar-refractivity contribution in [3.05, 3.63) is 35.9 Å². The van der Waals surface area contributed by atoms with Crippen LogP contribution in [0.2, 0.25) is 0 Å². The van der Waals surface area contributed by atoms with Crippen molar-refractivity contribution in [3.8, 4) is 0 Å². The molecule has 1 unspecified atom stereocenters. The van der Waals surface area contributed by atoms with E-state index in [0.717, 1.165) is 0 Å². The van der Waals surface area contributed by atoms with Crippen molar-refractivity contribution in [2.45, 2.75) is 18.6 Å². The standard InChI is InChI=1S/C13H17NO4S/c1-18-11(9-5-3-2-4-6-9)12(15)14-10(7-8-19)13(16)17/h2-6,10-11,19H,7-8H2,1H3,(H,14,15)(H,16,17)/t10-,11?/m0/s1. The number of carboxylic acids is 1. The molecule has 2 N–H and O–H groups in total. The third kappa shape index (κ3) is 4.57. The van der Waals surface area contributed by atoms with Gasteiger partial charge in [0.2, 0.25) is 0 Å². The van der Waals surface area contributed by atoms with E-state index in [1.54, 1.807) is 24.3 Å². The Morgan fingerprint density at radius 2 is 2.00 bits per heavy atom. The van der Waals surface area contributed by atoms with Crippen LogP contribution in [0, 0.1) is 0 Å². The van der Waals surface area contributed by atoms with Gasteiger partial charge < -0.3 is 15.2 Å². The molecule has 0 fully saturated rings. The van der Waals surface area contributed by atoms with E-state index in [-0.39, 0.29) is 6.42 Å². The van der Waals surface area contributed by atoms with E-state index in [2.05, 4.69) is 17.9 Å². The second-order valence-electron chi connectivity index (χ2n) is 3.94. The van der Waals surface area contributed by atoms with Gasteiger partial charge in [-0.3, -0.25) is 4.79 Å². The second-order valence-corrected chi connectivity index (χ2v) is 4.39. The number of rotatable bonds is 7. The number of carbonyl (C=O) groups is 2. The maximum absolute atomic E-state index is 12.0. The van der Waals surface area contributed by atoms with Crippen LogP contribution in [0.1, 0.15) is 18.1 Å². The monoisotopic (exact) mass is 283 g/mol. The van der Waals surface area contributed by atoms with Crippen molar-refractivity contribution in [2.75, 3.05) is 12.9 Å². The number of hydrogen-bond donors (Lipinski definition) is 3. The van der Waals surface area contributed by atoms with Crippen molar-refractivity contribution >= 4 is 24.5 Å².